The summed E-state index contributed by atoms with van der Waals surface area (Å²) in [4.78, 5) is 49.1. The van der Waals surface area contributed by atoms with E-state index in [2.05, 4.69) is 21.2 Å². The Bertz CT molecular complexity index is 1610. The first-order valence-electron chi connectivity index (χ1n) is 12.4. The molecular formula is C28H21BrF3N3O7S. The fourth-order valence-corrected chi connectivity index (χ4v) is 5.08. The third kappa shape index (κ3) is 7.93. The normalized spacial score (nSPS) is 14.3. The Morgan fingerprint density at radius 1 is 1.09 bits per heavy atom. The standard InChI is InChI=1S/C28H21BrF3N3O7S/c1-2-41-22-10-17(21(29)13-23(22)42-15-16-6-8-20(9-7-16)35(39)40)11-24-26(37)34(27(38)43-24)14-25(36)33-19-5-3-4-18(12-19)28(30,31)32/h3-13H,2,14-15H2,1H3,(H,33,36)/b24-11-. The molecule has 1 fully saturated rings. The number of ether oxygens (including phenoxy) is 2. The topological polar surface area (TPSA) is 128 Å². The number of imide groups is 1. The molecule has 1 heterocycles. The molecule has 4 rings (SSSR count). The molecule has 1 aliphatic rings. The second kappa shape index (κ2) is 13.3. The third-order valence-corrected chi connectivity index (χ3v) is 7.43. The number of alkyl halides is 3. The smallest absolute Gasteiger partial charge is 0.416 e. The minimum Gasteiger partial charge on any atom is -0.490 e. The lowest BCUT2D eigenvalue weighted by Crippen LogP contribution is -2.36. The molecule has 0 bridgehead atoms. The zero-order valence-corrected chi connectivity index (χ0v) is 24.5. The summed E-state index contributed by atoms with van der Waals surface area (Å²) in [6.07, 6.45) is -3.17. The number of nitrogens with one attached hydrogen (secondary N) is 1. The molecule has 43 heavy (non-hydrogen) atoms. The molecule has 1 saturated heterocycles. The van der Waals surface area contributed by atoms with Crippen LogP contribution < -0.4 is 14.8 Å². The Kier molecular flexibility index (Phi) is 9.76. The predicted molar refractivity (Wildman–Crippen MR) is 155 cm³/mol. The van der Waals surface area contributed by atoms with Gasteiger partial charge in [-0.2, -0.15) is 13.2 Å². The number of halogens is 4. The van der Waals surface area contributed by atoms with Gasteiger partial charge in [0.2, 0.25) is 5.91 Å². The number of nitro benzene ring substituents is 1. The summed E-state index contributed by atoms with van der Waals surface area (Å²) in [6, 6.07) is 13.0. The van der Waals surface area contributed by atoms with Crippen molar-refractivity contribution in [3.63, 3.8) is 0 Å². The number of carbonyl (C=O) groups is 3. The van der Waals surface area contributed by atoms with Gasteiger partial charge in [0.25, 0.3) is 16.8 Å². The zero-order valence-electron chi connectivity index (χ0n) is 22.1. The number of hydrogen-bond acceptors (Lipinski definition) is 8. The van der Waals surface area contributed by atoms with Gasteiger partial charge in [0.15, 0.2) is 11.5 Å². The quantitative estimate of drug-likeness (QED) is 0.137. The summed E-state index contributed by atoms with van der Waals surface area (Å²) in [5.41, 5.74) is 0.000424. The average molecular weight is 680 g/mol. The summed E-state index contributed by atoms with van der Waals surface area (Å²) in [5.74, 6) is -0.920. The minimum absolute atomic E-state index is 0.0135. The van der Waals surface area contributed by atoms with E-state index in [0.29, 0.717) is 43.8 Å². The van der Waals surface area contributed by atoms with Gasteiger partial charge in [0.1, 0.15) is 13.2 Å². The van der Waals surface area contributed by atoms with Crippen LogP contribution in [-0.4, -0.2) is 40.0 Å². The predicted octanol–water partition coefficient (Wildman–Crippen LogP) is 7.03. The molecule has 0 aromatic heterocycles. The number of nitro groups is 1. The number of non-ortho nitro benzene ring substituents is 1. The minimum atomic E-state index is -4.61. The van der Waals surface area contributed by atoms with E-state index < -0.39 is 40.3 Å². The third-order valence-electron chi connectivity index (χ3n) is 5.84. The van der Waals surface area contributed by atoms with Crippen LogP contribution in [0.15, 0.2) is 70.0 Å². The molecule has 15 heteroatoms. The number of nitrogens with zero attached hydrogens (tertiary/aromatic N) is 2. The van der Waals surface area contributed by atoms with Crippen molar-refractivity contribution in [1.29, 1.82) is 0 Å². The lowest BCUT2D eigenvalue weighted by atomic mass is 10.1. The molecule has 224 valence electrons. The van der Waals surface area contributed by atoms with Gasteiger partial charge in [0, 0.05) is 22.3 Å². The van der Waals surface area contributed by atoms with Crippen LogP contribution in [0.2, 0.25) is 0 Å². The molecule has 3 aromatic rings. The summed E-state index contributed by atoms with van der Waals surface area (Å²) in [6.45, 7) is 1.44. The SMILES string of the molecule is CCOc1cc(/C=C2\SC(=O)N(CC(=O)Nc3cccc(C(F)(F)F)c3)C2=O)c(Br)cc1OCc1ccc([N+](=O)[O-])cc1. The van der Waals surface area contributed by atoms with Crippen LogP contribution in [0.5, 0.6) is 11.5 Å². The van der Waals surface area contributed by atoms with Crippen LogP contribution in [0.4, 0.5) is 29.3 Å². The lowest BCUT2D eigenvalue weighted by molar-refractivity contribution is -0.384. The first-order chi connectivity index (χ1) is 20.3. The van der Waals surface area contributed by atoms with Crippen LogP contribution in [-0.2, 0) is 22.4 Å². The van der Waals surface area contributed by atoms with Gasteiger partial charge in [-0.25, -0.2) is 0 Å². The maximum atomic E-state index is 13.0. The number of carbonyl (C=O) groups excluding carboxylic acids is 3. The molecule has 0 spiro atoms. The van der Waals surface area contributed by atoms with Gasteiger partial charge >= 0.3 is 6.18 Å². The Labute approximate surface area is 255 Å². The lowest BCUT2D eigenvalue weighted by Gasteiger charge is -2.14. The van der Waals surface area contributed by atoms with Crippen LogP contribution >= 0.6 is 27.7 Å². The maximum absolute atomic E-state index is 13.0. The van der Waals surface area contributed by atoms with Crippen molar-refractivity contribution in [1.82, 2.24) is 4.90 Å². The van der Waals surface area contributed by atoms with E-state index in [1.54, 1.807) is 31.2 Å². The molecule has 1 N–H and O–H groups in total. The van der Waals surface area contributed by atoms with Crippen LogP contribution in [0.25, 0.3) is 6.08 Å². The second-order valence-corrected chi connectivity index (χ2v) is 10.7. The number of benzene rings is 3. The Hall–Kier alpha value is -4.37. The number of anilines is 1. The van der Waals surface area contributed by atoms with Gasteiger partial charge < -0.3 is 14.8 Å². The summed E-state index contributed by atoms with van der Waals surface area (Å²) in [7, 11) is 0. The van der Waals surface area contributed by atoms with Gasteiger partial charge in [-0.15, -0.1) is 0 Å². The number of amides is 3. The highest BCUT2D eigenvalue weighted by Crippen LogP contribution is 2.38. The molecule has 0 aliphatic carbocycles. The van der Waals surface area contributed by atoms with Crippen molar-refractivity contribution >= 4 is 62.2 Å². The molecule has 3 aromatic carbocycles. The summed E-state index contributed by atoms with van der Waals surface area (Å²) >= 11 is 4.02. The molecule has 0 radical (unpaired) electrons. The number of hydrogen-bond donors (Lipinski definition) is 1. The Morgan fingerprint density at radius 2 is 1.79 bits per heavy atom. The zero-order chi connectivity index (χ0) is 31.3. The van der Waals surface area contributed by atoms with Gasteiger partial charge in [-0.05, 0) is 78.4 Å². The largest absolute Gasteiger partial charge is 0.490 e. The van der Waals surface area contributed by atoms with Crippen molar-refractivity contribution in [3.8, 4) is 11.5 Å². The number of thioether (sulfide) groups is 1. The molecular weight excluding hydrogens is 659 g/mol. The highest BCUT2D eigenvalue weighted by atomic mass is 79.9. The highest BCUT2D eigenvalue weighted by molar-refractivity contribution is 9.10. The monoisotopic (exact) mass is 679 g/mol. The Morgan fingerprint density at radius 3 is 2.44 bits per heavy atom. The van der Waals surface area contributed by atoms with E-state index in [9.17, 15) is 37.7 Å². The fourth-order valence-electron chi connectivity index (χ4n) is 3.81. The van der Waals surface area contributed by atoms with Crippen LogP contribution in [0.1, 0.15) is 23.6 Å². The van der Waals surface area contributed by atoms with Gasteiger partial charge in [0.05, 0.1) is 22.0 Å². The molecule has 0 atom stereocenters. The van der Waals surface area contributed by atoms with E-state index in [4.69, 9.17) is 9.47 Å². The van der Waals surface area contributed by atoms with Crippen molar-refractivity contribution in [2.24, 2.45) is 0 Å². The molecule has 10 nitrogen and oxygen atoms in total. The maximum Gasteiger partial charge on any atom is 0.416 e. The first kappa shape index (κ1) is 31.6. The van der Waals surface area contributed by atoms with Crippen LogP contribution in [0.3, 0.4) is 0 Å². The van der Waals surface area contributed by atoms with Crippen molar-refractivity contribution < 1.29 is 42.0 Å². The molecule has 0 saturated carbocycles. The molecule has 1 aliphatic heterocycles. The van der Waals surface area contributed by atoms with Crippen LogP contribution in [0, 0.1) is 10.1 Å². The van der Waals surface area contributed by atoms with E-state index in [0.717, 1.165) is 18.2 Å². The molecule has 3 amide bonds. The fraction of sp³-hybridized carbons (Fsp3) is 0.179. The van der Waals surface area contributed by atoms with Gasteiger partial charge in [-0.3, -0.25) is 29.4 Å². The van der Waals surface area contributed by atoms with E-state index in [1.807, 2.05) is 0 Å². The second-order valence-electron chi connectivity index (χ2n) is 8.86. The summed E-state index contributed by atoms with van der Waals surface area (Å²) < 4.78 is 50.9. The molecule has 0 unspecified atom stereocenters. The number of rotatable bonds is 10. The Balaban J connectivity index is 1.47. The van der Waals surface area contributed by atoms with Crippen molar-refractivity contribution in [2.45, 2.75) is 19.7 Å². The van der Waals surface area contributed by atoms with Crippen molar-refractivity contribution in [2.75, 3.05) is 18.5 Å². The average Bonchev–Trinajstić information content (AvgIpc) is 3.21. The van der Waals surface area contributed by atoms with E-state index >= 15 is 0 Å². The van der Waals surface area contributed by atoms with E-state index in [-0.39, 0.29) is 29.5 Å². The highest BCUT2D eigenvalue weighted by Gasteiger charge is 2.37. The first-order valence-corrected chi connectivity index (χ1v) is 14.0. The van der Waals surface area contributed by atoms with Gasteiger partial charge in [-0.1, -0.05) is 22.0 Å². The van der Waals surface area contributed by atoms with E-state index in [1.165, 1.54) is 24.3 Å². The van der Waals surface area contributed by atoms with Crippen molar-refractivity contribution in [3.05, 3.63) is 96.8 Å². The summed E-state index contributed by atoms with van der Waals surface area (Å²) in [5, 5.41) is 12.4.